The van der Waals surface area contributed by atoms with E-state index in [1.54, 1.807) is 0 Å². The smallest absolute Gasteiger partial charge is 0.0457 e. The molecule has 0 bridgehead atoms. The van der Waals surface area contributed by atoms with Gasteiger partial charge in [-0.05, 0) is 43.0 Å². The van der Waals surface area contributed by atoms with E-state index in [4.69, 9.17) is 17.3 Å². The fraction of sp³-hybridized carbons (Fsp3) is 0.333. The normalized spacial score (nSPS) is 18.3. The van der Waals surface area contributed by atoms with Crippen molar-refractivity contribution < 1.29 is 0 Å². The molecule has 2 nitrogen and oxygen atoms in total. The first-order valence-corrected chi connectivity index (χ1v) is 5.59. The highest BCUT2D eigenvalue weighted by atomic mass is 35.5. The molecule has 15 heavy (non-hydrogen) atoms. The van der Waals surface area contributed by atoms with E-state index in [1.165, 1.54) is 0 Å². The third-order valence-corrected chi connectivity index (χ3v) is 3.51. The predicted molar refractivity (Wildman–Crippen MR) is 63.2 cm³/mol. The Labute approximate surface area is 93.4 Å². The van der Waals surface area contributed by atoms with Crippen molar-refractivity contribution in [3.63, 3.8) is 0 Å². The van der Waals surface area contributed by atoms with Crippen LogP contribution in [0.2, 0.25) is 5.02 Å². The topological polar surface area (TPSA) is 41.8 Å². The molecule has 0 saturated heterocycles. The number of benzene rings is 1. The van der Waals surface area contributed by atoms with Crippen LogP contribution in [0, 0.1) is 0 Å². The van der Waals surface area contributed by atoms with Gasteiger partial charge >= 0.3 is 0 Å². The largest absolute Gasteiger partial charge is 0.361 e. The Kier molecular flexibility index (Phi) is 1.85. The van der Waals surface area contributed by atoms with Crippen LogP contribution in [0.5, 0.6) is 0 Å². The van der Waals surface area contributed by atoms with Gasteiger partial charge in [-0.15, -0.1) is 0 Å². The molecule has 78 valence electrons. The van der Waals surface area contributed by atoms with Crippen LogP contribution in [0.1, 0.15) is 18.4 Å². The lowest BCUT2D eigenvalue weighted by molar-refractivity contribution is 0.673. The standard InChI is InChI=1S/C12H13ClN2/c13-10-5-8-1-4-15-11(8)6-9(10)7-12(14)2-3-12/h1,4-6,15H,2-3,7,14H2. The predicted octanol–water partition coefficient (Wildman–Crippen LogP) is 2.86. The van der Waals surface area contributed by atoms with Gasteiger partial charge in [-0.25, -0.2) is 0 Å². The van der Waals surface area contributed by atoms with Gasteiger partial charge < -0.3 is 10.7 Å². The van der Waals surface area contributed by atoms with Crippen molar-refractivity contribution in [2.75, 3.05) is 0 Å². The quantitative estimate of drug-likeness (QED) is 0.803. The van der Waals surface area contributed by atoms with Crippen molar-refractivity contribution in [2.45, 2.75) is 24.8 Å². The number of aromatic nitrogens is 1. The van der Waals surface area contributed by atoms with Crippen LogP contribution in [0.3, 0.4) is 0 Å². The molecular weight excluding hydrogens is 208 g/mol. The Morgan fingerprint density at radius 2 is 2.20 bits per heavy atom. The van der Waals surface area contributed by atoms with Crippen molar-refractivity contribution >= 4 is 22.5 Å². The average molecular weight is 221 g/mol. The summed E-state index contributed by atoms with van der Waals surface area (Å²) in [6.07, 6.45) is 5.05. The van der Waals surface area contributed by atoms with Gasteiger partial charge in [0.25, 0.3) is 0 Å². The molecule has 1 heterocycles. The average Bonchev–Trinajstić information content (AvgIpc) is 2.74. The lowest BCUT2D eigenvalue weighted by Crippen LogP contribution is -2.24. The Morgan fingerprint density at radius 1 is 1.40 bits per heavy atom. The zero-order valence-corrected chi connectivity index (χ0v) is 9.14. The molecule has 1 aliphatic carbocycles. The molecule has 0 amide bonds. The fourth-order valence-corrected chi connectivity index (χ4v) is 2.21. The maximum Gasteiger partial charge on any atom is 0.0457 e. The van der Waals surface area contributed by atoms with E-state index in [1.807, 2.05) is 18.3 Å². The molecular formula is C12H13ClN2. The van der Waals surface area contributed by atoms with Gasteiger partial charge in [0.1, 0.15) is 0 Å². The Morgan fingerprint density at radius 3 is 2.93 bits per heavy atom. The minimum absolute atomic E-state index is 0.0178. The van der Waals surface area contributed by atoms with Gasteiger partial charge in [0.2, 0.25) is 0 Å². The molecule has 1 saturated carbocycles. The SMILES string of the molecule is NC1(Cc2cc3[nH]ccc3cc2Cl)CC1. The van der Waals surface area contributed by atoms with Crippen LogP contribution in [0.25, 0.3) is 10.9 Å². The number of aromatic amines is 1. The molecule has 3 heteroatoms. The van der Waals surface area contributed by atoms with Crippen LogP contribution in [-0.4, -0.2) is 10.5 Å². The Hall–Kier alpha value is -0.990. The van der Waals surface area contributed by atoms with E-state index in [9.17, 15) is 0 Å². The van der Waals surface area contributed by atoms with Crippen molar-refractivity contribution in [1.82, 2.24) is 4.98 Å². The molecule has 0 spiro atoms. The summed E-state index contributed by atoms with van der Waals surface area (Å²) in [6.45, 7) is 0. The molecule has 1 aromatic carbocycles. The summed E-state index contributed by atoms with van der Waals surface area (Å²) in [6, 6.07) is 6.15. The van der Waals surface area contributed by atoms with Gasteiger partial charge in [-0.2, -0.15) is 0 Å². The van der Waals surface area contributed by atoms with Crippen LogP contribution in [-0.2, 0) is 6.42 Å². The molecule has 0 aliphatic heterocycles. The molecule has 3 N–H and O–H groups in total. The Balaban J connectivity index is 2.05. The molecule has 3 rings (SSSR count). The monoisotopic (exact) mass is 220 g/mol. The molecule has 0 radical (unpaired) electrons. The van der Waals surface area contributed by atoms with Gasteiger partial charge in [-0.3, -0.25) is 0 Å². The van der Waals surface area contributed by atoms with Crippen molar-refractivity contribution in [2.24, 2.45) is 5.73 Å². The zero-order valence-electron chi connectivity index (χ0n) is 8.39. The third-order valence-electron chi connectivity index (χ3n) is 3.16. The number of nitrogens with one attached hydrogen (secondary N) is 1. The molecule has 1 aromatic heterocycles. The number of rotatable bonds is 2. The summed E-state index contributed by atoms with van der Waals surface area (Å²) < 4.78 is 0. The zero-order chi connectivity index (χ0) is 10.5. The minimum atomic E-state index is 0.0178. The number of halogens is 1. The summed E-state index contributed by atoms with van der Waals surface area (Å²) in [4.78, 5) is 3.19. The molecule has 0 unspecified atom stereocenters. The Bertz CT molecular complexity index is 511. The highest BCUT2D eigenvalue weighted by molar-refractivity contribution is 6.32. The van der Waals surface area contributed by atoms with Gasteiger partial charge in [0.05, 0.1) is 0 Å². The number of nitrogens with two attached hydrogens (primary N) is 1. The highest BCUT2D eigenvalue weighted by Gasteiger charge is 2.38. The first-order chi connectivity index (χ1) is 7.16. The number of hydrogen-bond acceptors (Lipinski definition) is 1. The third kappa shape index (κ3) is 1.64. The first-order valence-electron chi connectivity index (χ1n) is 5.21. The van der Waals surface area contributed by atoms with E-state index in [2.05, 4.69) is 11.1 Å². The lowest BCUT2D eigenvalue weighted by atomic mass is 10.0. The second-order valence-corrected chi connectivity index (χ2v) is 4.95. The van der Waals surface area contributed by atoms with Crippen molar-refractivity contribution in [3.8, 4) is 0 Å². The number of fused-ring (bicyclic) bond motifs is 1. The summed E-state index contributed by atoms with van der Waals surface area (Å²) in [7, 11) is 0. The van der Waals surface area contributed by atoms with Crippen LogP contribution in [0.15, 0.2) is 24.4 Å². The maximum atomic E-state index is 6.22. The second-order valence-electron chi connectivity index (χ2n) is 4.55. The van der Waals surface area contributed by atoms with Crippen LogP contribution >= 0.6 is 11.6 Å². The van der Waals surface area contributed by atoms with E-state index in [0.29, 0.717) is 0 Å². The number of hydrogen-bond donors (Lipinski definition) is 2. The molecule has 1 aliphatic rings. The second kappa shape index (κ2) is 3.00. The van der Waals surface area contributed by atoms with E-state index < -0.39 is 0 Å². The highest BCUT2D eigenvalue weighted by Crippen LogP contribution is 2.37. The summed E-state index contributed by atoms with van der Waals surface area (Å²) in [5, 5.41) is 1.99. The first kappa shape index (κ1) is 9.25. The fourth-order valence-electron chi connectivity index (χ4n) is 1.97. The maximum absolute atomic E-state index is 6.22. The molecule has 1 fully saturated rings. The molecule has 0 atom stereocenters. The van der Waals surface area contributed by atoms with Gasteiger partial charge in [-0.1, -0.05) is 11.6 Å². The summed E-state index contributed by atoms with van der Waals surface area (Å²) in [5.41, 5.74) is 8.41. The summed E-state index contributed by atoms with van der Waals surface area (Å²) >= 11 is 6.22. The lowest BCUT2D eigenvalue weighted by Gasteiger charge is -2.10. The summed E-state index contributed by atoms with van der Waals surface area (Å²) in [5.74, 6) is 0. The molecule has 2 aromatic rings. The van der Waals surface area contributed by atoms with Gasteiger partial charge in [0, 0.05) is 27.7 Å². The minimum Gasteiger partial charge on any atom is -0.361 e. The van der Waals surface area contributed by atoms with E-state index in [0.717, 1.165) is 40.8 Å². The van der Waals surface area contributed by atoms with Crippen molar-refractivity contribution in [3.05, 3.63) is 35.0 Å². The van der Waals surface area contributed by atoms with E-state index in [-0.39, 0.29) is 5.54 Å². The number of H-pyrrole nitrogens is 1. The van der Waals surface area contributed by atoms with Gasteiger partial charge in [0.15, 0.2) is 0 Å². The van der Waals surface area contributed by atoms with Crippen LogP contribution < -0.4 is 5.73 Å². The van der Waals surface area contributed by atoms with Crippen LogP contribution in [0.4, 0.5) is 0 Å². The van der Waals surface area contributed by atoms with E-state index >= 15 is 0 Å². The van der Waals surface area contributed by atoms with Crippen molar-refractivity contribution in [1.29, 1.82) is 0 Å².